The minimum Gasteiger partial charge on any atom is -0.301 e. The summed E-state index contributed by atoms with van der Waals surface area (Å²) in [6.07, 6.45) is 3.44. The first-order chi connectivity index (χ1) is 4.70. The maximum Gasteiger partial charge on any atom is 0.144 e. The Kier molecular flexibility index (Phi) is 4.81. The highest BCUT2D eigenvalue weighted by Crippen LogP contribution is 2.04. The van der Waals surface area contributed by atoms with Gasteiger partial charge in [-0.05, 0) is 25.5 Å². The third-order valence-electron chi connectivity index (χ3n) is 1.21. The normalized spacial score (nSPS) is 14.4. The van der Waals surface area contributed by atoms with E-state index in [1.54, 1.807) is 6.21 Å². The summed E-state index contributed by atoms with van der Waals surface area (Å²) in [5, 5.41) is 0. The smallest absolute Gasteiger partial charge is 0.144 e. The molecule has 0 radical (unpaired) electrons. The summed E-state index contributed by atoms with van der Waals surface area (Å²) < 4.78 is 0. The highest BCUT2D eigenvalue weighted by atomic mass is 16.1. The van der Waals surface area contributed by atoms with Gasteiger partial charge in [0.15, 0.2) is 0 Å². The van der Waals surface area contributed by atoms with Crippen LogP contribution in [0.3, 0.4) is 0 Å². The molecule has 0 spiro atoms. The van der Waals surface area contributed by atoms with Crippen molar-refractivity contribution in [1.82, 2.24) is 0 Å². The van der Waals surface area contributed by atoms with Crippen LogP contribution >= 0.6 is 0 Å². The van der Waals surface area contributed by atoms with Crippen LogP contribution in [0.15, 0.2) is 4.99 Å². The van der Waals surface area contributed by atoms with Gasteiger partial charge >= 0.3 is 0 Å². The maximum atomic E-state index is 10.3. The lowest BCUT2D eigenvalue weighted by atomic mass is 10.1. The second-order valence-corrected chi connectivity index (χ2v) is 2.74. The molecule has 0 heterocycles. The minimum absolute atomic E-state index is 0.120. The monoisotopic (exact) mass is 141 g/mol. The molecule has 10 heavy (non-hydrogen) atoms. The number of hydrogen-bond donors (Lipinski definition) is 0. The molecule has 0 aromatic rings. The van der Waals surface area contributed by atoms with E-state index < -0.39 is 0 Å². The van der Waals surface area contributed by atoms with Gasteiger partial charge in [-0.25, -0.2) is 0 Å². The average Bonchev–Trinajstić information content (AvgIpc) is 1.86. The zero-order valence-electron chi connectivity index (χ0n) is 6.87. The Labute approximate surface area is 62.4 Å². The van der Waals surface area contributed by atoms with Gasteiger partial charge in [-0.3, -0.25) is 4.99 Å². The number of hydrogen-bond acceptors (Lipinski definition) is 2. The van der Waals surface area contributed by atoms with Crippen molar-refractivity contribution in [3.8, 4) is 0 Å². The summed E-state index contributed by atoms with van der Waals surface area (Å²) in [5.41, 5.74) is 0. The van der Waals surface area contributed by atoms with Crippen molar-refractivity contribution in [2.24, 2.45) is 10.9 Å². The van der Waals surface area contributed by atoms with Crippen molar-refractivity contribution >= 4 is 12.5 Å². The Bertz CT molecular complexity index is 118. The van der Waals surface area contributed by atoms with Crippen molar-refractivity contribution in [1.29, 1.82) is 0 Å². The molecule has 0 saturated carbocycles. The van der Waals surface area contributed by atoms with Crippen molar-refractivity contribution < 1.29 is 4.79 Å². The van der Waals surface area contributed by atoms with Crippen molar-refractivity contribution in [2.75, 3.05) is 0 Å². The SMILES string of the molecule is C/C=N\[C@H](C=O)CC(C)C. The first-order valence-corrected chi connectivity index (χ1v) is 3.63. The van der Waals surface area contributed by atoms with E-state index in [1.807, 2.05) is 6.92 Å². The number of aliphatic imine (C=N–C) groups is 1. The molecule has 58 valence electrons. The van der Waals surface area contributed by atoms with Gasteiger partial charge in [0.2, 0.25) is 0 Å². The maximum absolute atomic E-state index is 10.3. The van der Waals surface area contributed by atoms with Crippen LogP contribution in [0.4, 0.5) is 0 Å². The van der Waals surface area contributed by atoms with Crippen LogP contribution in [0, 0.1) is 5.92 Å². The van der Waals surface area contributed by atoms with Gasteiger partial charge in [-0.15, -0.1) is 0 Å². The molecule has 0 aliphatic heterocycles. The summed E-state index contributed by atoms with van der Waals surface area (Å²) in [6.45, 7) is 6.00. The molecular formula is C8H15NO. The van der Waals surface area contributed by atoms with Crippen LogP contribution in [-0.4, -0.2) is 18.5 Å². The van der Waals surface area contributed by atoms with E-state index in [4.69, 9.17) is 0 Å². The fraction of sp³-hybridized carbons (Fsp3) is 0.750. The molecule has 0 fully saturated rings. The summed E-state index contributed by atoms with van der Waals surface area (Å²) in [5.74, 6) is 0.541. The number of rotatable bonds is 4. The van der Waals surface area contributed by atoms with E-state index in [9.17, 15) is 4.79 Å². The molecule has 0 aromatic heterocycles. The Morgan fingerprint density at radius 2 is 2.10 bits per heavy atom. The van der Waals surface area contributed by atoms with Crippen LogP contribution in [0.1, 0.15) is 27.2 Å². The molecule has 0 aliphatic rings. The lowest BCUT2D eigenvalue weighted by Gasteiger charge is -2.06. The molecule has 0 aliphatic carbocycles. The molecule has 0 saturated heterocycles. The first-order valence-electron chi connectivity index (χ1n) is 3.63. The number of aldehydes is 1. The molecular weight excluding hydrogens is 126 g/mol. The molecule has 0 rings (SSSR count). The first kappa shape index (κ1) is 9.34. The van der Waals surface area contributed by atoms with E-state index in [-0.39, 0.29) is 6.04 Å². The van der Waals surface area contributed by atoms with Crippen LogP contribution in [0.5, 0.6) is 0 Å². The van der Waals surface area contributed by atoms with Gasteiger partial charge in [0.1, 0.15) is 12.3 Å². The van der Waals surface area contributed by atoms with E-state index in [1.165, 1.54) is 0 Å². The zero-order chi connectivity index (χ0) is 7.98. The number of carbonyl (C=O) groups excluding carboxylic acids is 1. The van der Waals surface area contributed by atoms with E-state index >= 15 is 0 Å². The van der Waals surface area contributed by atoms with E-state index in [2.05, 4.69) is 18.8 Å². The second-order valence-electron chi connectivity index (χ2n) is 2.74. The van der Waals surface area contributed by atoms with Gasteiger partial charge in [-0.1, -0.05) is 13.8 Å². The van der Waals surface area contributed by atoms with Crippen LogP contribution in [0.25, 0.3) is 0 Å². The average molecular weight is 141 g/mol. The molecule has 1 atom stereocenters. The second kappa shape index (κ2) is 5.15. The van der Waals surface area contributed by atoms with Crippen LogP contribution in [0.2, 0.25) is 0 Å². The number of carbonyl (C=O) groups is 1. The fourth-order valence-electron chi connectivity index (χ4n) is 0.826. The third-order valence-corrected chi connectivity index (χ3v) is 1.21. The Morgan fingerprint density at radius 3 is 2.40 bits per heavy atom. The summed E-state index contributed by atoms with van der Waals surface area (Å²) >= 11 is 0. The van der Waals surface area contributed by atoms with E-state index in [0.29, 0.717) is 5.92 Å². The quantitative estimate of drug-likeness (QED) is 0.432. The van der Waals surface area contributed by atoms with Crippen LogP contribution < -0.4 is 0 Å². The minimum atomic E-state index is -0.120. The van der Waals surface area contributed by atoms with Gasteiger partial charge in [0, 0.05) is 0 Å². The van der Waals surface area contributed by atoms with Gasteiger partial charge in [-0.2, -0.15) is 0 Å². The molecule has 0 aromatic carbocycles. The number of nitrogens with zero attached hydrogens (tertiary/aromatic N) is 1. The molecule has 2 nitrogen and oxygen atoms in total. The molecule has 0 N–H and O–H groups in total. The van der Waals surface area contributed by atoms with Crippen molar-refractivity contribution in [3.63, 3.8) is 0 Å². The summed E-state index contributed by atoms with van der Waals surface area (Å²) in [4.78, 5) is 14.3. The fourth-order valence-corrected chi connectivity index (χ4v) is 0.826. The third kappa shape index (κ3) is 4.24. The molecule has 0 amide bonds. The van der Waals surface area contributed by atoms with Crippen molar-refractivity contribution in [3.05, 3.63) is 0 Å². The highest BCUT2D eigenvalue weighted by Gasteiger charge is 2.05. The van der Waals surface area contributed by atoms with E-state index in [0.717, 1.165) is 12.7 Å². The standard InChI is InChI=1S/C8H15NO/c1-4-9-8(6-10)5-7(2)3/h4,6-8H,5H2,1-3H3/b9-4-/t8-/m0/s1. The topological polar surface area (TPSA) is 29.4 Å². The molecule has 2 heteroatoms. The lowest BCUT2D eigenvalue weighted by molar-refractivity contribution is -0.109. The largest absolute Gasteiger partial charge is 0.301 e. The summed E-state index contributed by atoms with van der Waals surface area (Å²) in [7, 11) is 0. The predicted molar refractivity (Wildman–Crippen MR) is 43.5 cm³/mol. The summed E-state index contributed by atoms with van der Waals surface area (Å²) in [6, 6.07) is -0.120. The van der Waals surface area contributed by atoms with Gasteiger partial charge in [0.25, 0.3) is 0 Å². The predicted octanol–water partition coefficient (Wildman–Crippen LogP) is 1.69. The Balaban J connectivity index is 3.71. The Morgan fingerprint density at radius 1 is 1.50 bits per heavy atom. The highest BCUT2D eigenvalue weighted by molar-refractivity contribution is 5.63. The lowest BCUT2D eigenvalue weighted by Crippen LogP contribution is -2.09. The van der Waals surface area contributed by atoms with Crippen LogP contribution in [-0.2, 0) is 4.79 Å². The van der Waals surface area contributed by atoms with Gasteiger partial charge < -0.3 is 4.79 Å². The molecule has 0 bridgehead atoms. The zero-order valence-corrected chi connectivity index (χ0v) is 6.87. The molecule has 0 unspecified atom stereocenters. The van der Waals surface area contributed by atoms with Crippen molar-refractivity contribution in [2.45, 2.75) is 33.2 Å². The van der Waals surface area contributed by atoms with Gasteiger partial charge in [0.05, 0.1) is 0 Å². The Hall–Kier alpha value is -0.660.